The van der Waals surface area contributed by atoms with Gasteiger partial charge in [0.15, 0.2) is 0 Å². The Morgan fingerprint density at radius 3 is 2.69 bits per heavy atom. The van der Waals surface area contributed by atoms with Crippen molar-refractivity contribution >= 4 is 0 Å². The summed E-state index contributed by atoms with van der Waals surface area (Å²) in [6, 6.07) is 0. The van der Waals surface area contributed by atoms with E-state index in [2.05, 4.69) is 11.9 Å². The third-order valence-corrected chi connectivity index (χ3v) is 3.47. The maximum atomic E-state index is 5.61. The van der Waals surface area contributed by atoms with Gasteiger partial charge in [0, 0.05) is 19.6 Å². The van der Waals surface area contributed by atoms with Crippen LogP contribution in [0.1, 0.15) is 12.8 Å². The van der Waals surface area contributed by atoms with E-state index in [1.807, 2.05) is 7.11 Å². The first-order chi connectivity index (χ1) is 6.27. The number of methoxy groups -OCH3 is 1. The Hall–Kier alpha value is -0.120. The number of rotatable bonds is 2. The van der Waals surface area contributed by atoms with Crippen LogP contribution >= 0.6 is 0 Å². The van der Waals surface area contributed by atoms with Crippen LogP contribution in [0, 0.1) is 5.92 Å². The van der Waals surface area contributed by atoms with E-state index < -0.39 is 0 Å². The molecular formula is C10H19NO2. The highest BCUT2D eigenvalue weighted by Crippen LogP contribution is 2.35. The highest BCUT2D eigenvalue weighted by Gasteiger charge is 2.46. The summed E-state index contributed by atoms with van der Waals surface area (Å²) >= 11 is 0. The van der Waals surface area contributed by atoms with Crippen LogP contribution in [0.15, 0.2) is 0 Å². The van der Waals surface area contributed by atoms with Gasteiger partial charge in [0.1, 0.15) is 5.60 Å². The molecule has 1 unspecified atom stereocenters. The number of hydrogen-bond acceptors (Lipinski definition) is 3. The predicted molar refractivity (Wildman–Crippen MR) is 50.8 cm³/mol. The SMILES string of the molecule is COC1(C2CCCN(C)C2)COC1. The molecule has 0 aromatic carbocycles. The van der Waals surface area contributed by atoms with E-state index in [0.717, 1.165) is 19.8 Å². The van der Waals surface area contributed by atoms with Crippen LogP contribution in [0.4, 0.5) is 0 Å². The summed E-state index contributed by atoms with van der Waals surface area (Å²) in [5.74, 6) is 0.671. The minimum atomic E-state index is 0.0503. The summed E-state index contributed by atoms with van der Waals surface area (Å²) in [5.41, 5.74) is 0.0503. The molecule has 2 aliphatic heterocycles. The molecule has 3 nitrogen and oxygen atoms in total. The zero-order chi connectivity index (χ0) is 9.31. The van der Waals surface area contributed by atoms with Crippen molar-refractivity contribution in [2.45, 2.75) is 18.4 Å². The summed E-state index contributed by atoms with van der Waals surface area (Å²) in [6.07, 6.45) is 2.59. The molecule has 2 fully saturated rings. The normalized spacial score (nSPS) is 34.2. The van der Waals surface area contributed by atoms with Crippen molar-refractivity contribution < 1.29 is 9.47 Å². The lowest BCUT2D eigenvalue weighted by Crippen LogP contribution is -2.60. The summed E-state index contributed by atoms with van der Waals surface area (Å²) in [6.45, 7) is 3.98. The Morgan fingerprint density at radius 1 is 1.46 bits per heavy atom. The lowest BCUT2D eigenvalue weighted by atomic mass is 9.80. The summed E-state index contributed by atoms with van der Waals surface area (Å²) in [5, 5.41) is 0. The lowest BCUT2D eigenvalue weighted by molar-refractivity contribution is -0.229. The van der Waals surface area contributed by atoms with Crippen LogP contribution in [0.3, 0.4) is 0 Å². The van der Waals surface area contributed by atoms with Crippen molar-refractivity contribution in [3.8, 4) is 0 Å². The average molecular weight is 185 g/mol. The van der Waals surface area contributed by atoms with Crippen molar-refractivity contribution in [3.63, 3.8) is 0 Å². The Kier molecular flexibility index (Phi) is 2.58. The zero-order valence-corrected chi connectivity index (χ0v) is 8.58. The van der Waals surface area contributed by atoms with E-state index in [1.165, 1.54) is 19.4 Å². The second-order valence-corrected chi connectivity index (χ2v) is 4.36. The largest absolute Gasteiger partial charge is 0.375 e. The van der Waals surface area contributed by atoms with E-state index in [0.29, 0.717) is 5.92 Å². The molecular weight excluding hydrogens is 166 g/mol. The molecule has 2 rings (SSSR count). The van der Waals surface area contributed by atoms with Gasteiger partial charge < -0.3 is 14.4 Å². The van der Waals surface area contributed by atoms with E-state index in [1.54, 1.807) is 0 Å². The van der Waals surface area contributed by atoms with E-state index in [-0.39, 0.29) is 5.60 Å². The topological polar surface area (TPSA) is 21.7 Å². The first kappa shape index (κ1) is 9.44. The van der Waals surface area contributed by atoms with Crippen LogP contribution in [0.25, 0.3) is 0 Å². The highest BCUT2D eigenvalue weighted by molar-refractivity contribution is 4.96. The number of piperidine rings is 1. The molecule has 0 bridgehead atoms. The van der Waals surface area contributed by atoms with Crippen LogP contribution in [0.2, 0.25) is 0 Å². The summed E-state index contributed by atoms with van der Waals surface area (Å²) in [4.78, 5) is 2.40. The average Bonchev–Trinajstić information content (AvgIpc) is 2.03. The minimum absolute atomic E-state index is 0.0503. The molecule has 76 valence electrons. The predicted octanol–water partition coefficient (Wildman–Crippen LogP) is 0.744. The van der Waals surface area contributed by atoms with Gasteiger partial charge in [-0.15, -0.1) is 0 Å². The Balaban J connectivity index is 1.97. The van der Waals surface area contributed by atoms with E-state index in [9.17, 15) is 0 Å². The molecule has 2 aliphatic rings. The molecule has 2 saturated heterocycles. The number of ether oxygens (including phenoxy) is 2. The Bertz CT molecular complexity index is 174. The smallest absolute Gasteiger partial charge is 0.118 e. The third-order valence-electron chi connectivity index (χ3n) is 3.47. The molecule has 0 spiro atoms. The third kappa shape index (κ3) is 1.60. The lowest BCUT2D eigenvalue weighted by Gasteiger charge is -2.48. The number of hydrogen-bond donors (Lipinski definition) is 0. The summed E-state index contributed by atoms with van der Waals surface area (Å²) in [7, 11) is 4.01. The first-order valence-electron chi connectivity index (χ1n) is 5.08. The maximum Gasteiger partial charge on any atom is 0.118 e. The van der Waals surface area contributed by atoms with Crippen molar-refractivity contribution in [3.05, 3.63) is 0 Å². The van der Waals surface area contributed by atoms with Gasteiger partial charge in [0.05, 0.1) is 13.2 Å². The van der Waals surface area contributed by atoms with Gasteiger partial charge in [-0.2, -0.15) is 0 Å². The molecule has 13 heavy (non-hydrogen) atoms. The molecule has 0 amide bonds. The fourth-order valence-corrected chi connectivity index (χ4v) is 2.42. The van der Waals surface area contributed by atoms with Gasteiger partial charge in [-0.05, 0) is 26.4 Å². The monoisotopic (exact) mass is 185 g/mol. The van der Waals surface area contributed by atoms with Crippen molar-refractivity contribution in [2.75, 3.05) is 40.5 Å². The van der Waals surface area contributed by atoms with Crippen LogP contribution in [0.5, 0.6) is 0 Å². The molecule has 0 N–H and O–H groups in total. The molecule has 1 atom stereocenters. The molecule has 0 aromatic rings. The molecule has 0 saturated carbocycles. The second-order valence-electron chi connectivity index (χ2n) is 4.36. The van der Waals surface area contributed by atoms with Gasteiger partial charge in [-0.3, -0.25) is 0 Å². The van der Waals surface area contributed by atoms with Crippen molar-refractivity contribution in [1.82, 2.24) is 4.90 Å². The van der Waals surface area contributed by atoms with Gasteiger partial charge >= 0.3 is 0 Å². The van der Waals surface area contributed by atoms with Gasteiger partial charge in [-0.1, -0.05) is 0 Å². The Labute approximate surface area is 80.0 Å². The number of nitrogens with zero attached hydrogens (tertiary/aromatic N) is 1. The molecule has 0 aromatic heterocycles. The fraction of sp³-hybridized carbons (Fsp3) is 1.00. The maximum absolute atomic E-state index is 5.61. The van der Waals surface area contributed by atoms with Crippen molar-refractivity contribution in [1.29, 1.82) is 0 Å². The van der Waals surface area contributed by atoms with Crippen LogP contribution < -0.4 is 0 Å². The molecule has 3 heteroatoms. The molecule has 0 radical (unpaired) electrons. The van der Waals surface area contributed by atoms with Gasteiger partial charge in [0.25, 0.3) is 0 Å². The minimum Gasteiger partial charge on any atom is -0.375 e. The summed E-state index contributed by atoms with van der Waals surface area (Å²) < 4.78 is 10.9. The first-order valence-corrected chi connectivity index (χ1v) is 5.08. The van der Waals surface area contributed by atoms with Crippen LogP contribution in [-0.2, 0) is 9.47 Å². The quantitative estimate of drug-likeness (QED) is 0.633. The van der Waals surface area contributed by atoms with E-state index in [4.69, 9.17) is 9.47 Å². The molecule has 0 aliphatic carbocycles. The van der Waals surface area contributed by atoms with Crippen LogP contribution in [-0.4, -0.2) is 51.0 Å². The Morgan fingerprint density at radius 2 is 2.23 bits per heavy atom. The second kappa shape index (κ2) is 3.56. The van der Waals surface area contributed by atoms with Crippen molar-refractivity contribution in [2.24, 2.45) is 5.92 Å². The molecule has 2 heterocycles. The fourth-order valence-electron chi connectivity index (χ4n) is 2.42. The van der Waals surface area contributed by atoms with Gasteiger partial charge in [-0.25, -0.2) is 0 Å². The number of likely N-dealkylation sites (tertiary alicyclic amines) is 1. The zero-order valence-electron chi connectivity index (χ0n) is 8.58. The standard InChI is InChI=1S/C10H19NO2/c1-11-5-3-4-9(6-11)10(12-2)7-13-8-10/h9H,3-8H2,1-2H3. The van der Waals surface area contributed by atoms with Gasteiger partial charge in [0.2, 0.25) is 0 Å². The highest BCUT2D eigenvalue weighted by atomic mass is 16.6. The van der Waals surface area contributed by atoms with E-state index >= 15 is 0 Å².